The molecule has 212 valence electrons. The summed E-state index contributed by atoms with van der Waals surface area (Å²) in [6.07, 6.45) is 1.43. The van der Waals surface area contributed by atoms with Crippen molar-refractivity contribution in [2.24, 2.45) is 5.10 Å². The summed E-state index contributed by atoms with van der Waals surface area (Å²) in [6.45, 7) is 2.06. The molecule has 4 aromatic rings. The number of anilines is 1. The van der Waals surface area contributed by atoms with Crippen molar-refractivity contribution in [1.82, 2.24) is 5.43 Å². The van der Waals surface area contributed by atoms with Crippen LogP contribution >= 0.6 is 23.2 Å². The Morgan fingerprint density at radius 2 is 1.61 bits per heavy atom. The van der Waals surface area contributed by atoms with Gasteiger partial charge in [-0.25, -0.2) is 13.8 Å². The molecule has 11 heteroatoms. The van der Waals surface area contributed by atoms with Crippen LogP contribution in [0.2, 0.25) is 10.0 Å². The first-order chi connectivity index (χ1) is 19.8. The van der Waals surface area contributed by atoms with Crippen LogP contribution in [0.15, 0.2) is 107 Å². The molecule has 0 spiro atoms. The molecule has 4 rings (SSSR count). The third-order valence-electron chi connectivity index (χ3n) is 5.67. The molecule has 0 aliphatic heterocycles. The van der Waals surface area contributed by atoms with Gasteiger partial charge in [-0.1, -0.05) is 59.6 Å². The minimum atomic E-state index is -4.06. The van der Waals surface area contributed by atoms with Gasteiger partial charge in [0.1, 0.15) is 13.2 Å². The summed E-state index contributed by atoms with van der Waals surface area (Å²) in [6, 6.07) is 26.7. The summed E-state index contributed by atoms with van der Waals surface area (Å²) >= 11 is 12.2. The maximum absolute atomic E-state index is 13.4. The monoisotopic (exact) mass is 611 g/mol. The van der Waals surface area contributed by atoms with Gasteiger partial charge in [0.15, 0.2) is 11.5 Å². The second-order valence-electron chi connectivity index (χ2n) is 8.66. The van der Waals surface area contributed by atoms with E-state index in [9.17, 15) is 13.2 Å². The summed E-state index contributed by atoms with van der Waals surface area (Å²) in [4.78, 5) is 12.9. The number of hydrogen-bond acceptors (Lipinski definition) is 6. The van der Waals surface area contributed by atoms with E-state index in [1.807, 2.05) is 25.1 Å². The molecule has 0 radical (unpaired) electrons. The maximum atomic E-state index is 13.4. The van der Waals surface area contributed by atoms with Crippen molar-refractivity contribution in [2.75, 3.05) is 17.5 Å². The fourth-order valence-electron chi connectivity index (χ4n) is 3.79. The molecular weight excluding hydrogens is 585 g/mol. The molecule has 0 aliphatic rings. The number of hydrazone groups is 1. The lowest BCUT2D eigenvalue weighted by Gasteiger charge is -2.23. The molecule has 0 atom stereocenters. The fourth-order valence-corrected chi connectivity index (χ4v) is 5.62. The number of benzene rings is 4. The van der Waals surface area contributed by atoms with E-state index in [-0.39, 0.29) is 10.6 Å². The van der Waals surface area contributed by atoms with Gasteiger partial charge in [0, 0.05) is 10.0 Å². The van der Waals surface area contributed by atoms with Crippen molar-refractivity contribution in [2.45, 2.75) is 18.4 Å². The van der Waals surface area contributed by atoms with Gasteiger partial charge in [-0.05, 0) is 78.7 Å². The SMILES string of the molecule is CCOc1cc(/C=N\NC(=O)CN(c2cccc(Cl)c2)S(=O)(=O)c2ccccc2)ccc1OCc1cccc(Cl)c1. The lowest BCUT2D eigenvalue weighted by atomic mass is 10.2. The van der Waals surface area contributed by atoms with E-state index in [4.69, 9.17) is 32.7 Å². The number of nitrogens with zero attached hydrogens (tertiary/aromatic N) is 2. The number of rotatable bonds is 12. The highest BCUT2D eigenvalue weighted by molar-refractivity contribution is 7.92. The molecule has 0 saturated heterocycles. The lowest BCUT2D eigenvalue weighted by molar-refractivity contribution is -0.119. The average Bonchev–Trinajstić information content (AvgIpc) is 2.96. The van der Waals surface area contributed by atoms with Crippen LogP contribution < -0.4 is 19.2 Å². The lowest BCUT2D eigenvalue weighted by Crippen LogP contribution is -2.39. The number of carbonyl (C=O) groups is 1. The molecule has 1 amide bonds. The number of nitrogens with one attached hydrogen (secondary N) is 1. The zero-order valence-corrected chi connectivity index (χ0v) is 24.4. The normalized spacial score (nSPS) is 11.3. The van der Waals surface area contributed by atoms with Crippen LogP contribution in [0.25, 0.3) is 0 Å². The van der Waals surface area contributed by atoms with E-state index in [0.29, 0.717) is 40.3 Å². The number of amides is 1. The summed E-state index contributed by atoms with van der Waals surface area (Å²) in [5.74, 6) is 0.398. The zero-order valence-electron chi connectivity index (χ0n) is 22.0. The van der Waals surface area contributed by atoms with E-state index in [2.05, 4.69) is 10.5 Å². The minimum absolute atomic E-state index is 0.0393. The van der Waals surface area contributed by atoms with Crippen molar-refractivity contribution in [3.63, 3.8) is 0 Å². The summed E-state index contributed by atoms with van der Waals surface area (Å²) in [5.41, 5.74) is 4.18. The van der Waals surface area contributed by atoms with Crippen molar-refractivity contribution >= 4 is 51.0 Å². The third kappa shape index (κ3) is 8.23. The van der Waals surface area contributed by atoms with E-state index in [1.165, 1.54) is 24.4 Å². The van der Waals surface area contributed by atoms with Gasteiger partial charge in [-0.2, -0.15) is 5.10 Å². The number of sulfonamides is 1. The molecule has 0 saturated carbocycles. The molecule has 0 bridgehead atoms. The van der Waals surface area contributed by atoms with Crippen molar-refractivity contribution in [3.8, 4) is 11.5 Å². The van der Waals surface area contributed by atoms with Crippen LogP contribution in [0.4, 0.5) is 5.69 Å². The van der Waals surface area contributed by atoms with Crippen molar-refractivity contribution in [3.05, 3.63) is 118 Å². The quantitative estimate of drug-likeness (QED) is 0.149. The second-order valence-corrected chi connectivity index (χ2v) is 11.4. The smallest absolute Gasteiger partial charge is 0.264 e. The standard InChI is InChI=1S/C30H27Cl2N3O5S/c1-2-39-29-17-22(14-15-28(29)40-21-23-8-6-9-24(31)16-23)19-33-34-30(36)20-35(26-11-7-10-25(32)18-26)41(37,38)27-12-4-3-5-13-27/h3-19H,2,20-21H2,1H3,(H,34,36)/b33-19-. The highest BCUT2D eigenvalue weighted by atomic mass is 35.5. The number of halogens is 2. The molecule has 8 nitrogen and oxygen atoms in total. The second kappa shape index (κ2) is 14.0. The maximum Gasteiger partial charge on any atom is 0.264 e. The molecule has 0 heterocycles. The van der Waals surface area contributed by atoms with Gasteiger partial charge >= 0.3 is 0 Å². The fraction of sp³-hybridized carbons (Fsp3) is 0.133. The van der Waals surface area contributed by atoms with Crippen LogP contribution in [0.5, 0.6) is 11.5 Å². The summed E-state index contributed by atoms with van der Waals surface area (Å²) in [5, 5.41) is 4.97. The van der Waals surface area contributed by atoms with Gasteiger partial charge < -0.3 is 9.47 Å². The Bertz CT molecular complexity index is 1630. The van der Waals surface area contributed by atoms with Crippen molar-refractivity contribution < 1.29 is 22.7 Å². The van der Waals surface area contributed by atoms with Crippen LogP contribution in [0, 0.1) is 0 Å². The first kappa shape index (κ1) is 29.9. The summed E-state index contributed by atoms with van der Waals surface area (Å²) in [7, 11) is -4.06. The van der Waals surface area contributed by atoms with Crippen LogP contribution in [0.3, 0.4) is 0 Å². The van der Waals surface area contributed by atoms with Crippen LogP contribution in [0.1, 0.15) is 18.1 Å². The summed E-state index contributed by atoms with van der Waals surface area (Å²) < 4.78 is 39.4. The number of carbonyl (C=O) groups excluding carboxylic acids is 1. The topological polar surface area (TPSA) is 97.3 Å². The Balaban J connectivity index is 1.46. The van der Waals surface area contributed by atoms with Gasteiger partial charge in [0.05, 0.1) is 23.4 Å². The molecule has 41 heavy (non-hydrogen) atoms. The molecule has 0 fully saturated rings. The molecule has 4 aromatic carbocycles. The molecular formula is C30H27Cl2N3O5S. The highest BCUT2D eigenvalue weighted by Gasteiger charge is 2.27. The Kier molecular flexibility index (Phi) is 10.2. The van der Waals surface area contributed by atoms with Gasteiger partial charge in [0.2, 0.25) is 0 Å². The Labute approximate surface area is 249 Å². The number of hydrogen-bond donors (Lipinski definition) is 1. The third-order valence-corrected chi connectivity index (χ3v) is 7.93. The van der Waals surface area contributed by atoms with E-state index >= 15 is 0 Å². The molecule has 1 N–H and O–H groups in total. The van der Waals surface area contributed by atoms with Gasteiger partial charge in [-0.3, -0.25) is 9.10 Å². The first-order valence-electron chi connectivity index (χ1n) is 12.6. The first-order valence-corrected chi connectivity index (χ1v) is 14.7. The minimum Gasteiger partial charge on any atom is -0.490 e. The zero-order chi connectivity index (χ0) is 29.2. The van der Waals surface area contributed by atoms with Crippen LogP contribution in [-0.4, -0.2) is 33.7 Å². The Morgan fingerprint density at radius 3 is 2.32 bits per heavy atom. The van der Waals surface area contributed by atoms with Gasteiger partial charge in [0.25, 0.3) is 15.9 Å². The predicted octanol–water partition coefficient (Wildman–Crippen LogP) is 6.32. The Morgan fingerprint density at radius 1 is 0.878 bits per heavy atom. The average molecular weight is 613 g/mol. The molecule has 0 aromatic heterocycles. The highest BCUT2D eigenvalue weighted by Crippen LogP contribution is 2.29. The number of ether oxygens (including phenoxy) is 2. The molecule has 0 unspecified atom stereocenters. The largest absolute Gasteiger partial charge is 0.490 e. The van der Waals surface area contributed by atoms with E-state index in [1.54, 1.807) is 60.7 Å². The predicted molar refractivity (Wildman–Crippen MR) is 162 cm³/mol. The van der Waals surface area contributed by atoms with E-state index < -0.39 is 22.5 Å². The van der Waals surface area contributed by atoms with Crippen molar-refractivity contribution in [1.29, 1.82) is 0 Å². The Hall–Kier alpha value is -4.05. The van der Waals surface area contributed by atoms with Crippen LogP contribution in [-0.2, 0) is 21.4 Å². The molecule has 0 aliphatic carbocycles. The van der Waals surface area contributed by atoms with E-state index in [0.717, 1.165) is 9.87 Å². The van der Waals surface area contributed by atoms with Gasteiger partial charge in [-0.15, -0.1) is 0 Å².